The van der Waals surface area contributed by atoms with Gasteiger partial charge in [-0.05, 0) is 30.5 Å². The van der Waals surface area contributed by atoms with Gasteiger partial charge in [0.1, 0.15) is 11.9 Å². The summed E-state index contributed by atoms with van der Waals surface area (Å²) in [4.78, 5) is 25.9. The number of carbonyl (C=O) groups is 2. The maximum absolute atomic E-state index is 14.8. The molecule has 166 valence electrons. The van der Waals surface area contributed by atoms with E-state index in [2.05, 4.69) is 0 Å². The molecule has 3 rings (SSSR count). The van der Waals surface area contributed by atoms with Crippen LogP contribution < -0.4 is 15.1 Å². The molecule has 0 saturated carbocycles. The lowest BCUT2D eigenvalue weighted by molar-refractivity contribution is -0.173. The molecule has 2 fully saturated rings. The molecule has 2 heterocycles. The number of rotatable bonds is 4. The second-order valence-corrected chi connectivity index (χ2v) is 7.41. The summed E-state index contributed by atoms with van der Waals surface area (Å²) in [5.41, 5.74) is 1.57. The lowest BCUT2D eigenvalue weighted by Crippen LogP contribution is -2.41. The van der Waals surface area contributed by atoms with E-state index >= 15 is 0 Å². The van der Waals surface area contributed by atoms with E-state index in [0.717, 1.165) is 10.5 Å². The van der Waals surface area contributed by atoms with Crippen LogP contribution in [0.15, 0.2) is 29.8 Å². The summed E-state index contributed by atoms with van der Waals surface area (Å²) in [5, 5.41) is 10.5. The molecule has 0 bridgehead atoms. The number of allylic oxidation sites excluding steroid dienone is 1. The van der Waals surface area contributed by atoms with Gasteiger partial charge in [-0.2, -0.15) is 18.4 Å². The van der Waals surface area contributed by atoms with Gasteiger partial charge in [-0.3, -0.25) is 9.69 Å². The number of nitriles is 1. The van der Waals surface area contributed by atoms with Crippen LogP contribution in [0.3, 0.4) is 0 Å². The van der Waals surface area contributed by atoms with Crippen molar-refractivity contribution in [1.29, 1.82) is 5.26 Å². The fraction of sp³-hybridized carbons (Fsp3) is 0.450. The number of cyclic esters (lactones) is 1. The predicted octanol–water partition coefficient (Wildman–Crippen LogP) is 3.13. The number of nitrogens with one attached hydrogen (secondary N) is 1. The first-order chi connectivity index (χ1) is 14.6. The Balaban J connectivity index is 1.65. The van der Waals surface area contributed by atoms with E-state index in [0.29, 0.717) is 25.2 Å². The van der Waals surface area contributed by atoms with Gasteiger partial charge in [0, 0.05) is 19.2 Å². The third-order valence-corrected chi connectivity index (χ3v) is 5.25. The van der Waals surface area contributed by atoms with Gasteiger partial charge in [-0.1, -0.05) is 12.5 Å². The Morgan fingerprint density at radius 2 is 2.13 bits per heavy atom. The minimum Gasteiger partial charge on any atom is -0.442 e. The van der Waals surface area contributed by atoms with E-state index < -0.39 is 36.6 Å². The van der Waals surface area contributed by atoms with Crippen LogP contribution in [0.1, 0.15) is 13.3 Å². The molecule has 2 atom stereocenters. The number of alkyl halides is 3. The first kappa shape index (κ1) is 22.4. The monoisotopic (exact) mass is 440 g/mol. The molecule has 0 aromatic heterocycles. The van der Waals surface area contributed by atoms with E-state index in [9.17, 15) is 27.2 Å². The smallest absolute Gasteiger partial charge is 0.442 e. The highest BCUT2D eigenvalue weighted by Gasteiger charge is 2.40. The quantitative estimate of drug-likeness (QED) is 0.575. The van der Waals surface area contributed by atoms with Gasteiger partial charge in [0.05, 0.1) is 30.5 Å². The molecule has 1 aromatic rings. The Labute approximate surface area is 175 Å². The summed E-state index contributed by atoms with van der Waals surface area (Å²) in [6, 6.07) is 6.24. The first-order valence-electron chi connectivity index (χ1n) is 9.56. The summed E-state index contributed by atoms with van der Waals surface area (Å²) in [7, 11) is 0. The van der Waals surface area contributed by atoms with Crippen LogP contribution in [-0.4, -0.2) is 50.5 Å². The molecule has 0 aliphatic carbocycles. The van der Waals surface area contributed by atoms with Crippen LogP contribution in [0.5, 0.6) is 0 Å². The van der Waals surface area contributed by atoms with Crippen molar-refractivity contribution in [2.75, 3.05) is 36.0 Å². The SMILES string of the molecule is CC1CN(c2ccc(N3C[C@H](CNC(=O)C(F)(F)F)OC3=O)cc2F)CCC1=CC#N. The topological polar surface area (TPSA) is 85.7 Å². The molecule has 1 unspecified atom stereocenters. The summed E-state index contributed by atoms with van der Waals surface area (Å²) >= 11 is 0. The maximum Gasteiger partial charge on any atom is 0.471 e. The van der Waals surface area contributed by atoms with Gasteiger partial charge in [-0.25, -0.2) is 9.18 Å². The third kappa shape index (κ3) is 5.07. The molecule has 1 aromatic carbocycles. The first-order valence-corrected chi connectivity index (χ1v) is 9.56. The molecule has 31 heavy (non-hydrogen) atoms. The number of nitrogens with zero attached hydrogens (tertiary/aromatic N) is 3. The number of anilines is 2. The molecular formula is C20H20F4N4O3. The van der Waals surface area contributed by atoms with Crippen molar-refractivity contribution in [3.63, 3.8) is 0 Å². The number of amides is 2. The number of halogens is 4. The highest BCUT2D eigenvalue weighted by atomic mass is 19.4. The summed E-state index contributed by atoms with van der Waals surface area (Å²) in [6.07, 6.45) is -4.70. The highest BCUT2D eigenvalue weighted by Crippen LogP contribution is 2.32. The van der Waals surface area contributed by atoms with Crippen molar-refractivity contribution in [2.24, 2.45) is 5.92 Å². The lowest BCUT2D eigenvalue weighted by atomic mass is 9.92. The van der Waals surface area contributed by atoms with Crippen LogP contribution in [0.4, 0.5) is 33.7 Å². The summed E-state index contributed by atoms with van der Waals surface area (Å²) in [6.45, 7) is 2.40. The van der Waals surface area contributed by atoms with Crippen molar-refractivity contribution in [3.8, 4) is 6.07 Å². The molecule has 2 aliphatic rings. The number of carbonyl (C=O) groups excluding carboxylic acids is 2. The van der Waals surface area contributed by atoms with E-state index in [1.54, 1.807) is 5.32 Å². The van der Waals surface area contributed by atoms with Crippen LogP contribution in [0, 0.1) is 23.1 Å². The Morgan fingerprint density at radius 1 is 1.39 bits per heavy atom. The number of hydrogen-bond donors (Lipinski definition) is 1. The van der Waals surface area contributed by atoms with Crippen LogP contribution in [-0.2, 0) is 9.53 Å². The minimum atomic E-state index is -5.03. The summed E-state index contributed by atoms with van der Waals surface area (Å²) < 4.78 is 56.6. The highest BCUT2D eigenvalue weighted by molar-refractivity contribution is 5.90. The standard InChI is InChI=1S/C20H20F4N4O3/c1-12-10-27(7-5-13(12)4-6-25)17-3-2-14(8-16(17)21)28-11-15(31-19(28)30)9-26-18(29)20(22,23)24/h2-4,8,12,15H,5,7,9-11H2,1H3,(H,26,29)/t12?,15-/m0/s1. The molecule has 0 radical (unpaired) electrons. The fourth-order valence-corrected chi connectivity index (χ4v) is 3.63. The molecular weight excluding hydrogens is 420 g/mol. The van der Waals surface area contributed by atoms with Crippen LogP contribution in [0.25, 0.3) is 0 Å². The molecule has 2 saturated heterocycles. The molecule has 1 N–H and O–H groups in total. The Hall–Kier alpha value is -3.29. The molecule has 2 amide bonds. The van der Waals surface area contributed by atoms with Crippen molar-refractivity contribution in [1.82, 2.24) is 5.32 Å². The van der Waals surface area contributed by atoms with E-state index in [1.165, 1.54) is 24.3 Å². The normalized spacial score (nSPS) is 23.0. The van der Waals surface area contributed by atoms with Gasteiger partial charge in [0.2, 0.25) is 0 Å². The van der Waals surface area contributed by atoms with E-state index in [1.807, 2.05) is 17.9 Å². The van der Waals surface area contributed by atoms with Crippen molar-refractivity contribution >= 4 is 23.4 Å². The largest absolute Gasteiger partial charge is 0.471 e. The van der Waals surface area contributed by atoms with Crippen LogP contribution >= 0.6 is 0 Å². The van der Waals surface area contributed by atoms with Gasteiger partial charge >= 0.3 is 18.2 Å². The molecule has 0 spiro atoms. The third-order valence-electron chi connectivity index (χ3n) is 5.25. The molecule has 11 heteroatoms. The Morgan fingerprint density at radius 3 is 2.74 bits per heavy atom. The van der Waals surface area contributed by atoms with Crippen molar-refractivity contribution in [3.05, 3.63) is 35.7 Å². The molecule has 7 nitrogen and oxygen atoms in total. The zero-order chi connectivity index (χ0) is 22.8. The summed E-state index contributed by atoms with van der Waals surface area (Å²) in [5.74, 6) is -2.59. The average molecular weight is 440 g/mol. The lowest BCUT2D eigenvalue weighted by Gasteiger charge is -2.34. The van der Waals surface area contributed by atoms with Crippen molar-refractivity contribution in [2.45, 2.75) is 25.6 Å². The Bertz CT molecular complexity index is 941. The van der Waals surface area contributed by atoms with Crippen LogP contribution in [0.2, 0.25) is 0 Å². The average Bonchev–Trinajstić information content (AvgIpc) is 3.07. The van der Waals surface area contributed by atoms with E-state index in [4.69, 9.17) is 10.00 Å². The number of hydrogen-bond acceptors (Lipinski definition) is 5. The van der Waals surface area contributed by atoms with Gasteiger partial charge in [0.25, 0.3) is 0 Å². The number of piperidine rings is 1. The minimum absolute atomic E-state index is 0.0914. The zero-order valence-electron chi connectivity index (χ0n) is 16.6. The fourth-order valence-electron chi connectivity index (χ4n) is 3.63. The van der Waals surface area contributed by atoms with Crippen molar-refractivity contribution < 1.29 is 31.9 Å². The van der Waals surface area contributed by atoms with E-state index in [-0.39, 0.29) is 18.2 Å². The second kappa shape index (κ2) is 8.83. The van der Waals surface area contributed by atoms with Gasteiger partial charge in [-0.15, -0.1) is 0 Å². The van der Waals surface area contributed by atoms with Gasteiger partial charge < -0.3 is 15.0 Å². The maximum atomic E-state index is 14.8. The van der Waals surface area contributed by atoms with Gasteiger partial charge in [0.15, 0.2) is 0 Å². The number of ether oxygens (including phenoxy) is 1. The zero-order valence-corrected chi connectivity index (χ0v) is 16.6. The Kier molecular flexibility index (Phi) is 6.38. The molecule has 2 aliphatic heterocycles. The number of benzene rings is 1. The predicted molar refractivity (Wildman–Crippen MR) is 103 cm³/mol. The second-order valence-electron chi connectivity index (χ2n) is 7.41.